The first-order chi connectivity index (χ1) is 12.6. The molecule has 1 aliphatic heterocycles. The highest BCUT2D eigenvalue weighted by molar-refractivity contribution is 7.89. The van der Waals surface area contributed by atoms with Gasteiger partial charge >= 0.3 is 0 Å². The van der Waals surface area contributed by atoms with Crippen molar-refractivity contribution in [1.82, 2.24) is 14.5 Å². The summed E-state index contributed by atoms with van der Waals surface area (Å²) < 4.78 is 28.4. The Kier molecular flexibility index (Phi) is 7.05. The first kappa shape index (κ1) is 21.9. The summed E-state index contributed by atoms with van der Waals surface area (Å²) in [6.45, 7) is 13.0. The number of hydrogen-bond donors (Lipinski definition) is 1. The molecule has 0 saturated carbocycles. The van der Waals surface area contributed by atoms with Crippen LogP contribution in [0.2, 0.25) is 0 Å². The summed E-state index contributed by atoms with van der Waals surface area (Å²) in [4.78, 5) is 16.8. The van der Waals surface area contributed by atoms with Crippen LogP contribution in [-0.2, 0) is 14.8 Å². The van der Waals surface area contributed by atoms with Gasteiger partial charge in [-0.25, -0.2) is 13.1 Å². The quantitative estimate of drug-likeness (QED) is 0.829. The van der Waals surface area contributed by atoms with Gasteiger partial charge in [0, 0.05) is 32.6 Å². The number of nitrogens with one attached hydrogen (secondary N) is 1. The fourth-order valence-corrected chi connectivity index (χ4v) is 5.31. The van der Waals surface area contributed by atoms with Crippen molar-refractivity contribution in [3.8, 4) is 0 Å². The maximum absolute atomic E-state index is 12.9. The smallest absolute Gasteiger partial charge is 0.241 e. The summed E-state index contributed by atoms with van der Waals surface area (Å²) in [6, 6.07) is 0. The van der Waals surface area contributed by atoms with E-state index in [4.69, 9.17) is 0 Å². The number of carbonyl (C=O) groups excluding carboxylic acids is 1. The standard InChI is InChI=1S/C20H33N3O3S/c1-14-15(2)17(4)20(18(5)16(14)3)27(25,26)21-9-8-19(24)23-11-7-10-22(6)12-13-23/h21H,7-13H2,1-6H3. The number of amides is 1. The Morgan fingerprint density at radius 2 is 1.44 bits per heavy atom. The molecule has 0 spiro atoms. The zero-order valence-corrected chi connectivity index (χ0v) is 18.3. The molecule has 0 aromatic heterocycles. The van der Waals surface area contributed by atoms with Gasteiger partial charge in [0.2, 0.25) is 15.9 Å². The molecule has 1 aromatic rings. The van der Waals surface area contributed by atoms with Gasteiger partial charge in [-0.05, 0) is 82.4 Å². The first-order valence-corrected chi connectivity index (χ1v) is 11.1. The molecular formula is C20H33N3O3S. The van der Waals surface area contributed by atoms with Crippen molar-refractivity contribution in [3.63, 3.8) is 0 Å². The number of nitrogens with zero attached hydrogens (tertiary/aromatic N) is 2. The zero-order valence-electron chi connectivity index (χ0n) is 17.5. The molecule has 0 unspecified atom stereocenters. The Hall–Kier alpha value is -1.44. The highest BCUT2D eigenvalue weighted by Gasteiger charge is 2.24. The van der Waals surface area contributed by atoms with E-state index in [2.05, 4.69) is 16.7 Å². The summed E-state index contributed by atoms with van der Waals surface area (Å²) in [7, 11) is -1.60. The lowest BCUT2D eigenvalue weighted by atomic mass is 9.95. The van der Waals surface area contributed by atoms with Crippen LogP contribution < -0.4 is 4.72 Å². The van der Waals surface area contributed by atoms with E-state index in [0.29, 0.717) is 11.4 Å². The van der Waals surface area contributed by atoms with Gasteiger partial charge in [-0.15, -0.1) is 0 Å². The fourth-order valence-electron chi connectivity index (χ4n) is 3.69. The van der Waals surface area contributed by atoms with Gasteiger partial charge in [0.05, 0.1) is 4.90 Å². The number of benzene rings is 1. The minimum Gasteiger partial charge on any atom is -0.341 e. The van der Waals surface area contributed by atoms with E-state index in [-0.39, 0.29) is 18.9 Å². The molecule has 6 nitrogen and oxygen atoms in total. The third-order valence-electron chi connectivity index (χ3n) is 5.90. The molecular weight excluding hydrogens is 362 g/mol. The van der Waals surface area contributed by atoms with E-state index in [1.165, 1.54) is 0 Å². The maximum Gasteiger partial charge on any atom is 0.241 e. The van der Waals surface area contributed by atoms with Gasteiger partial charge < -0.3 is 9.80 Å². The second-order valence-corrected chi connectivity index (χ2v) is 9.34. The Bertz CT molecular complexity index is 789. The van der Waals surface area contributed by atoms with Crippen molar-refractivity contribution in [1.29, 1.82) is 0 Å². The molecule has 1 N–H and O–H groups in total. The van der Waals surface area contributed by atoms with Gasteiger partial charge in [0.25, 0.3) is 0 Å². The lowest BCUT2D eigenvalue weighted by Crippen LogP contribution is -2.37. The first-order valence-electron chi connectivity index (χ1n) is 9.59. The van der Waals surface area contributed by atoms with Gasteiger partial charge in [-0.1, -0.05) is 0 Å². The number of carbonyl (C=O) groups is 1. The third-order valence-corrected chi connectivity index (χ3v) is 7.64. The molecule has 2 rings (SSSR count). The molecule has 0 aliphatic carbocycles. The third kappa shape index (κ3) is 4.89. The molecule has 1 aromatic carbocycles. The normalized spacial score (nSPS) is 16.4. The van der Waals surface area contributed by atoms with E-state index < -0.39 is 10.0 Å². The number of sulfonamides is 1. The Labute approximate surface area is 164 Å². The Morgan fingerprint density at radius 3 is 2.04 bits per heavy atom. The number of rotatable bonds is 5. The van der Waals surface area contributed by atoms with E-state index in [1.807, 2.05) is 39.5 Å². The summed E-state index contributed by atoms with van der Waals surface area (Å²) in [6.07, 6.45) is 1.14. The molecule has 1 amide bonds. The summed E-state index contributed by atoms with van der Waals surface area (Å²) in [5.74, 6) is 0.0118. The van der Waals surface area contributed by atoms with Crippen LogP contribution in [0.25, 0.3) is 0 Å². The highest BCUT2D eigenvalue weighted by Crippen LogP contribution is 2.29. The van der Waals surface area contributed by atoms with Crippen LogP contribution in [0.5, 0.6) is 0 Å². The molecule has 0 radical (unpaired) electrons. The van der Waals surface area contributed by atoms with Crippen LogP contribution >= 0.6 is 0 Å². The van der Waals surface area contributed by atoms with Crippen molar-refractivity contribution < 1.29 is 13.2 Å². The lowest BCUT2D eigenvalue weighted by Gasteiger charge is -2.21. The molecule has 7 heteroatoms. The van der Waals surface area contributed by atoms with Gasteiger partial charge in [-0.3, -0.25) is 4.79 Å². The van der Waals surface area contributed by atoms with Crippen LogP contribution in [0, 0.1) is 34.6 Å². The van der Waals surface area contributed by atoms with Crippen LogP contribution in [-0.4, -0.2) is 63.9 Å². The average Bonchev–Trinajstić information content (AvgIpc) is 2.82. The summed E-state index contributed by atoms with van der Waals surface area (Å²) in [5.41, 5.74) is 4.70. The van der Waals surface area contributed by atoms with Crippen molar-refractivity contribution in [2.24, 2.45) is 0 Å². The molecule has 152 valence electrons. The Balaban J connectivity index is 2.07. The van der Waals surface area contributed by atoms with Crippen LogP contribution in [0.3, 0.4) is 0 Å². The second kappa shape index (κ2) is 8.71. The van der Waals surface area contributed by atoms with E-state index >= 15 is 0 Å². The fraction of sp³-hybridized carbons (Fsp3) is 0.650. The van der Waals surface area contributed by atoms with Crippen LogP contribution in [0.4, 0.5) is 0 Å². The van der Waals surface area contributed by atoms with E-state index in [0.717, 1.165) is 53.9 Å². The SMILES string of the molecule is Cc1c(C)c(C)c(S(=O)(=O)NCCC(=O)N2CCCN(C)CC2)c(C)c1C. The summed E-state index contributed by atoms with van der Waals surface area (Å²) >= 11 is 0. The van der Waals surface area contributed by atoms with E-state index in [1.54, 1.807) is 0 Å². The Morgan fingerprint density at radius 1 is 0.889 bits per heavy atom. The highest BCUT2D eigenvalue weighted by atomic mass is 32.2. The number of hydrogen-bond acceptors (Lipinski definition) is 4. The molecule has 1 fully saturated rings. The van der Waals surface area contributed by atoms with Gasteiger partial charge in [0.15, 0.2) is 0 Å². The molecule has 0 bridgehead atoms. The zero-order chi connectivity index (χ0) is 20.4. The molecule has 1 saturated heterocycles. The van der Waals surface area contributed by atoms with Crippen molar-refractivity contribution >= 4 is 15.9 Å². The molecule has 0 atom stereocenters. The van der Waals surface area contributed by atoms with Gasteiger partial charge in [0.1, 0.15) is 0 Å². The van der Waals surface area contributed by atoms with E-state index in [9.17, 15) is 13.2 Å². The van der Waals surface area contributed by atoms with Crippen molar-refractivity contribution in [3.05, 3.63) is 27.8 Å². The minimum absolute atomic E-state index is 0.0118. The predicted molar refractivity (Wildman–Crippen MR) is 109 cm³/mol. The lowest BCUT2D eigenvalue weighted by molar-refractivity contribution is -0.130. The maximum atomic E-state index is 12.9. The molecule has 1 aliphatic rings. The average molecular weight is 396 g/mol. The monoisotopic (exact) mass is 395 g/mol. The van der Waals surface area contributed by atoms with Crippen molar-refractivity contribution in [2.75, 3.05) is 39.8 Å². The van der Waals surface area contributed by atoms with Crippen LogP contribution in [0.15, 0.2) is 4.90 Å². The largest absolute Gasteiger partial charge is 0.341 e. The molecule has 1 heterocycles. The predicted octanol–water partition coefficient (Wildman–Crippen LogP) is 2.06. The minimum atomic E-state index is -3.65. The van der Waals surface area contributed by atoms with Crippen molar-refractivity contribution in [2.45, 2.75) is 52.4 Å². The second-order valence-electron chi connectivity index (χ2n) is 7.64. The molecule has 27 heavy (non-hydrogen) atoms. The summed E-state index contributed by atoms with van der Waals surface area (Å²) in [5, 5.41) is 0. The van der Waals surface area contributed by atoms with Gasteiger partial charge in [-0.2, -0.15) is 0 Å². The van der Waals surface area contributed by atoms with Crippen LogP contribution in [0.1, 0.15) is 40.7 Å². The topological polar surface area (TPSA) is 69.7 Å². The number of likely N-dealkylation sites (N-methyl/N-ethyl adjacent to an activating group) is 1.